The summed E-state index contributed by atoms with van der Waals surface area (Å²) in [7, 11) is 0. The van der Waals surface area contributed by atoms with E-state index < -0.39 is 0 Å². The van der Waals surface area contributed by atoms with E-state index in [9.17, 15) is 4.79 Å². The molecule has 4 aromatic rings. The first-order valence-electron chi connectivity index (χ1n) is 11.6. The molecule has 0 saturated heterocycles. The highest BCUT2D eigenvalue weighted by Gasteiger charge is 2.20. The number of imidazole rings is 1. The van der Waals surface area contributed by atoms with Gasteiger partial charge in [0.2, 0.25) is 0 Å². The Balaban J connectivity index is 1.43. The van der Waals surface area contributed by atoms with Crippen molar-refractivity contribution >= 4 is 28.5 Å². The molecule has 1 atom stereocenters. The molecule has 1 amide bonds. The third-order valence-corrected chi connectivity index (χ3v) is 6.23. The van der Waals surface area contributed by atoms with Gasteiger partial charge in [-0.25, -0.2) is 4.98 Å². The number of aryl methyl sites for hydroxylation is 3. The molecule has 4 rings (SSSR count). The number of hydrogen-bond donors (Lipinski definition) is 1. The largest absolute Gasteiger partial charge is 0.493 e. The molecule has 0 aliphatic carbocycles. The predicted octanol–water partition coefficient (Wildman–Crippen LogP) is 6.66. The summed E-state index contributed by atoms with van der Waals surface area (Å²) in [6.45, 7) is 7.56. The Kier molecular flexibility index (Phi) is 7.53. The zero-order valence-electron chi connectivity index (χ0n) is 19.8. The van der Waals surface area contributed by atoms with Gasteiger partial charge in [-0.15, -0.1) is 0 Å². The molecule has 1 N–H and O–H groups in total. The zero-order valence-corrected chi connectivity index (χ0v) is 20.6. The van der Waals surface area contributed by atoms with Crippen molar-refractivity contribution in [2.24, 2.45) is 0 Å². The van der Waals surface area contributed by atoms with E-state index in [0.717, 1.165) is 47.6 Å². The lowest BCUT2D eigenvalue weighted by atomic mass is 10.1. The summed E-state index contributed by atoms with van der Waals surface area (Å²) in [5, 5.41) is 3.49. The van der Waals surface area contributed by atoms with Crippen LogP contribution in [0.1, 0.15) is 53.1 Å². The maximum Gasteiger partial charge on any atom is 0.253 e. The first kappa shape index (κ1) is 23.8. The first-order chi connectivity index (χ1) is 16.4. The van der Waals surface area contributed by atoms with Gasteiger partial charge in [0.05, 0.1) is 34.3 Å². The molecule has 0 radical (unpaired) electrons. The molecular weight excluding hydrogens is 446 g/mol. The number of unbranched alkanes of at least 4 members (excludes halogenated alkanes) is 1. The Morgan fingerprint density at radius 2 is 1.82 bits per heavy atom. The summed E-state index contributed by atoms with van der Waals surface area (Å²) >= 11 is 6.21. The third kappa shape index (κ3) is 5.42. The molecule has 34 heavy (non-hydrogen) atoms. The Morgan fingerprint density at radius 3 is 2.62 bits per heavy atom. The molecule has 0 aliphatic heterocycles. The van der Waals surface area contributed by atoms with Crippen molar-refractivity contribution in [2.75, 3.05) is 6.61 Å². The maximum absolute atomic E-state index is 12.8. The number of hydrogen-bond acceptors (Lipinski definition) is 3. The lowest BCUT2D eigenvalue weighted by Gasteiger charge is -2.17. The third-order valence-electron chi connectivity index (χ3n) is 5.90. The van der Waals surface area contributed by atoms with Crippen molar-refractivity contribution in [1.82, 2.24) is 14.9 Å². The van der Waals surface area contributed by atoms with Gasteiger partial charge in [-0.3, -0.25) is 4.79 Å². The molecule has 1 aromatic heterocycles. The standard InChI is InChI=1S/C28H30ClN3O2/c1-19-14-15-26(20(2)18-19)34-17-9-8-16-32-25-13-7-6-12-24(25)31-27(32)21(3)30-28(33)22-10-4-5-11-23(22)29/h4-7,10-15,18,21H,8-9,16-17H2,1-3H3,(H,30,33). The quantitative estimate of drug-likeness (QED) is 0.275. The summed E-state index contributed by atoms with van der Waals surface area (Å²) in [4.78, 5) is 17.6. The van der Waals surface area contributed by atoms with Crippen LogP contribution in [0, 0.1) is 13.8 Å². The molecular formula is C28H30ClN3O2. The van der Waals surface area contributed by atoms with Crippen LogP contribution in [0.2, 0.25) is 5.02 Å². The normalized spacial score (nSPS) is 12.0. The topological polar surface area (TPSA) is 56.1 Å². The van der Waals surface area contributed by atoms with Gasteiger partial charge in [-0.1, -0.05) is 53.6 Å². The minimum absolute atomic E-state index is 0.210. The van der Waals surface area contributed by atoms with Crippen molar-refractivity contribution in [3.63, 3.8) is 0 Å². The van der Waals surface area contributed by atoms with Crippen molar-refractivity contribution < 1.29 is 9.53 Å². The molecule has 6 heteroatoms. The van der Waals surface area contributed by atoms with Gasteiger partial charge in [0.25, 0.3) is 5.91 Å². The van der Waals surface area contributed by atoms with Crippen LogP contribution in [-0.4, -0.2) is 22.1 Å². The number of carbonyl (C=O) groups is 1. The highest BCUT2D eigenvalue weighted by Crippen LogP contribution is 2.23. The predicted molar refractivity (Wildman–Crippen MR) is 138 cm³/mol. The average molecular weight is 476 g/mol. The zero-order chi connectivity index (χ0) is 24.1. The van der Waals surface area contributed by atoms with Gasteiger partial charge in [-0.2, -0.15) is 0 Å². The fourth-order valence-corrected chi connectivity index (χ4v) is 4.38. The number of amides is 1. The van der Waals surface area contributed by atoms with Crippen molar-refractivity contribution in [1.29, 1.82) is 0 Å². The molecule has 0 aliphatic rings. The maximum atomic E-state index is 12.8. The number of benzene rings is 3. The second-order valence-corrected chi connectivity index (χ2v) is 9.02. The monoisotopic (exact) mass is 475 g/mol. The number of nitrogens with zero attached hydrogens (tertiary/aromatic N) is 2. The second-order valence-electron chi connectivity index (χ2n) is 8.61. The van der Waals surface area contributed by atoms with Gasteiger partial charge in [0.1, 0.15) is 11.6 Å². The molecule has 5 nitrogen and oxygen atoms in total. The SMILES string of the molecule is Cc1ccc(OCCCCn2c(C(C)NC(=O)c3ccccc3Cl)nc3ccccc32)c(C)c1. The molecule has 0 spiro atoms. The summed E-state index contributed by atoms with van der Waals surface area (Å²) in [6.07, 6.45) is 1.85. The number of fused-ring (bicyclic) bond motifs is 1. The van der Waals surface area contributed by atoms with Crippen LogP contribution in [0.25, 0.3) is 11.0 Å². The molecule has 1 unspecified atom stereocenters. The van der Waals surface area contributed by atoms with Gasteiger partial charge < -0.3 is 14.6 Å². The van der Waals surface area contributed by atoms with Crippen LogP contribution < -0.4 is 10.1 Å². The Bertz CT molecular complexity index is 1300. The smallest absolute Gasteiger partial charge is 0.253 e. The number of nitrogens with one attached hydrogen (secondary N) is 1. The Morgan fingerprint density at radius 1 is 1.06 bits per heavy atom. The van der Waals surface area contributed by atoms with E-state index in [-0.39, 0.29) is 11.9 Å². The minimum Gasteiger partial charge on any atom is -0.493 e. The van der Waals surface area contributed by atoms with Crippen LogP contribution in [0.3, 0.4) is 0 Å². The number of ether oxygens (including phenoxy) is 1. The van der Waals surface area contributed by atoms with Crippen LogP contribution in [0.15, 0.2) is 66.7 Å². The number of aromatic nitrogens is 2. The van der Waals surface area contributed by atoms with Gasteiger partial charge >= 0.3 is 0 Å². The van der Waals surface area contributed by atoms with Crippen LogP contribution in [0.4, 0.5) is 0 Å². The van der Waals surface area contributed by atoms with Crippen molar-refractivity contribution in [3.8, 4) is 5.75 Å². The highest BCUT2D eigenvalue weighted by atomic mass is 35.5. The van der Waals surface area contributed by atoms with Crippen molar-refractivity contribution in [3.05, 3.63) is 94.3 Å². The van der Waals surface area contributed by atoms with Crippen LogP contribution in [0.5, 0.6) is 5.75 Å². The number of rotatable bonds is 9. The van der Waals surface area contributed by atoms with E-state index in [4.69, 9.17) is 21.3 Å². The number of para-hydroxylation sites is 2. The van der Waals surface area contributed by atoms with Crippen LogP contribution >= 0.6 is 11.6 Å². The summed E-state index contributed by atoms with van der Waals surface area (Å²) in [5.74, 6) is 1.56. The van der Waals surface area contributed by atoms with E-state index in [1.165, 1.54) is 5.56 Å². The Labute approximate surface area is 205 Å². The lowest BCUT2D eigenvalue weighted by Crippen LogP contribution is -2.29. The Hall–Kier alpha value is -3.31. The van der Waals surface area contributed by atoms with Gasteiger partial charge in [-0.05, 0) is 69.5 Å². The van der Waals surface area contributed by atoms with Crippen molar-refractivity contribution in [2.45, 2.75) is 46.2 Å². The van der Waals surface area contributed by atoms with Gasteiger partial charge in [0, 0.05) is 6.54 Å². The summed E-state index contributed by atoms with van der Waals surface area (Å²) < 4.78 is 8.19. The van der Waals surface area contributed by atoms with E-state index >= 15 is 0 Å². The summed E-state index contributed by atoms with van der Waals surface area (Å²) in [6, 6.07) is 21.1. The van der Waals surface area contributed by atoms with E-state index in [0.29, 0.717) is 17.2 Å². The van der Waals surface area contributed by atoms with E-state index in [1.54, 1.807) is 18.2 Å². The average Bonchev–Trinajstić information content (AvgIpc) is 3.19. The molecule has 0 saturated carbocycles. The number of halogens is 1. The second kappa shape index (κ2) is 10.7. The molecule has 176 valence electrons. The van der Waals surface area contributed by atoms with Gasteiger partial charge in [0.15, 0.2) is 0 Å². The fourth-order valence-electron chi connectivity index (χ4n) is 4.16. The molecule has 1 heterocycles. The minimum atomic E-state index is -0.275. The summed E-state index contributed by atoms with van der Waals surface area (Å²) in [5.41, 5.74) is 4.84. The lowest BCUT2D eigenvalue weighted by molar-refractivity contribution is 0.0938. The van der Waals surface area contributed by atoms with Crippen LogP contribution in [-0.2, 0) is 6.54 Å². The highest BCUT2D eigenvalue weighted by molar-refractivity contribution is 6.33. The van der Waals surface area contributed by atoms with E-state index in [2.05, 4.69) is 41.9 Å². The first-order valence-corrected chi connectivity index (χ1v) is 12.0. The fraction of sp³-hybridized carbons (Fsp3) is 0.286. The van der Waals surface area contributed by atoms with E-state index in [1.807, 2.05) is 37.3 Å². The number of carbonyl (C=O) groups excluding carboxylic acids is 1. The molecule has 0 bridgehead atoms. The molecule has 0 fully saturated rings. The molecule has 3 aromatic carbocycles.